The van der Waals surface area contributed by atoms with E-state index in [9.17, 15) is 4.79 Å². The molecule has 0 fully saturated rings. The van der Waals surface area contributed by atoms with Crippen molar-refractivity contribution in [2.24, 2.45) is 0 Å². The van der Waals surface area contributed by atoms with Crippen LogP contribution in [-0.2, 0) is 0 Å². The molecular formula is C17H10BrCl3N2O2. The van der Waals surface area contributed by atoms with Crippen molar-refractivity contribution in [1.29, 1.82) is 0 Å². The van der Waals surface area contributed by atoms with Gasteiger partial charge < -0.3 is 9.73 Å². The first-order chi connectivity index (χ1) is 11.9. The molecule has 25 heavy (non-hydrogen) atoms. The molecule has 0 radical (unpaired) electrons. The number of carbonyl (C=O) groups excluding carboxylic acids is 1. The number of carbonyl (C=O) groups is 1. The summed E-state index contributed by atoms with van der Waals surface area (Å²) in [6, 6.07) is 9.58. The molecule has 3 rings (SSSR count). The highest BCUT2D eigenvalue weighted by Crippen LogP contribution is 2.29. The van der Waals surface area contributed by atoms with E-state index in [2.05, 4.69) is 26.2 Å². The highest BCUT2D eigenvalue weighted by molar-refractivity contribution is 9.10. The van der Waals surface area contributed by atoms with Crippen LogP contribution in [-0.4, -0.2) is 10.9 Å². The molecule has 0 saturated heterocycles. The number of hydrogen-bond acceptors (Lipinski definition) is 3. The molecule has 0 aliphatic rings. The van der Waals surface area contributed by atoms with Crippen molar-refractivity contribution in [3.63, 3.8) is 0 Å². The molecule has 2 heterocycles. The summed E-state index contributed by atoms with van der Waals surface area (Å²) in [4.78, 5) is 16.8. The molecule has 1 aromatic carbocycles. The largest absolute Gasteiger partial charge is 0.458 e. The number of hydrogen-bond donors (Lipinski definition) is 1. The van der Waals surface area contributed by atoms with Crippen LogP contribution in [0.15, 0.2) is 57.7 Å². The molecule has 1 N–H and O–H groups in total. The fraction of sp³-hybridized carbons (Fsp3) is 0.0588. The van der Waals surface area contributed by atoms with E-state index >= 15 is 0 Å². The number of furan rings is 1. The number of pyridine rings is 1. The minimum atomic E-state index is -0.552. The van der Waals surface area contributed by atoms with E-state index < -0.39 is 11.9 Å². The predicted octanol–water partition coefficient (Wildman–Crippen LogP) is 5.92. The maximum atomic E-state index is 12.5. The number of halogens is 4. The molecule has 1 unspecified atom stereocenters. The van der Waals surface area contributed by atoms with E-state index in [-0.39, 0.29) is 5.76 Å². The lowest BCUT2D eigenvalue weighted by molar-refractivity contribution is 0.0914. The average Bonchev–Trinajstić information content (AvgIpc) is 3.03. The fourth-order valence-electron chi connectivity index (χ4n) is 2.21. The van der Waals surface area contributed by atoms with Crippen LogP contribution in [0.2, 0.25) is 15.1 Å². The Morgan fingerprint density at radius 3 is 2.52 bits per heavy atom. The van der Waals surface area contributed by atoms with Gasteiger partial charge in [-0.25, -0.2) is 0 Å². The second-order valence-electron chi connectivity index (χ2n) is 5.11. The lowest BCUT2D eigenvalue weighted by Crippen LogP contribution is -2.29. The van der Waals surface area contributed by atoms with Gasteiger partial charge in [0.15, 0.2) is 5.76 Å². The highest BCUT2D eigenvalue weighted by atomic mass is 79.9. The molecule has 4 nitrogen and oxygen atoms in total. The van der Waals surface area contributed by atoms with Gasteiger partial charge in [0.2, 0.25) is 0 Å². The van der Waals surface area contributed by atoms with Gasteiger partial charge in [0.25, 0.3) is 5.91 Å². The molecule has 8 heteroatoms. The summed E-state index contributed by atoms with van der Waals surface area (Å²) < 4.78 is 5.89. The maximum absolute atomic E-state index is 12.5. The van der Waals surface area contributed by atoms with Gasteiger partial charge in [0.1, 0.15) is 6.26 Å². The van der Waals surface area contributed by atoms with Gasteiger partial charge in [-0.15, -0.1) is 0 Å². The van der Waals surface area contributed by atoms with E-state index in [4.69, 9.17) is 39.2 Å². The van der Waals surface area contributed by atoms with Gasteiger partial charge in [0.05, 0.1) is 31.3 Å². The molecule has 1 atom stereocenters. The van der Waals surface area contributed by atoms with Crippen molar-refractivity contribution in [3.05, 3.63) is 85.4 Å². The standard InChI is InChI=1S/C17H10BrCl3N2O2/c18-10-6-15(25-8-10)17(24)23-16(14-4-2-11(19)7-22-14)9-1-3-12(20)13(21)5-9/h1-8,16H,(H,23,24). The van der Waals surface area contributed by atoms with Crippen LogP contribution in [0.1, 0.15) is 27.9 Å². The Morgan fingerprint density at radius 1 is 1.12 bits per heavy atom. The minimum absolute atomic E-state index is 0.172. The van der Waals surface area contributed by atoms with E-state index in [0.29, 0.717) is 25.2 Å². The first kappa shape index (κ1) is 18.3. The van der Waals surface area contributed by atoms with Crippen molar-refractivity contribution in [2.45, 2.75) is 6.04 Å². The number of benzene rings is 1. The zero-order chi connectivity index (χ0) is 18.0. The Morgan fingerprint density at radius 2 is 1.92 bits per heavy atom. The lowest BCUT2D eigenvalue weighted by atomic mass is 10.0. The third-order valence-electron chi connectivity index (χ3n) is 3.39. The summed E-state index contributed by atoms with van der Waals surface area (Å²) in [7, 11) is 0. The summed E-state index contributed by atoms with van der Waals surface area (Å²) in [6.07, 6.45) is 2.95. The third kappa shape index (κ3) is 4.36. The Balaban J connectivity index is 1.97. The number of rotatable bonds is 4. The van der Waals surface area contributed by atoms with Crippen molar-refractivity contribution < 1.29 is 9.21 Å². The summed E-state index contributed by atoms with van der Waals surface area (Å²) in [6.45, 7) is 0. The van der Waals surface area contributed by atoms with Crippen molar-refractivity contribution in [3.8, 4) is 0 Å². The average molecular weight is 461 g/mol. The van der Waals surface area contributed by atoms with Crippen LogP contribution in [0.4, 0.5) is 0 Å². The van der Waals surface area contributed by atoms with E-state index in [0.717, 1.165) is 5.56 Å². The monoisotopic (exact) mass is 458 g/mol. The third-order valence-corrected chi connectivity index (χ3v) is 4.77. The van der Waals surface area contributed by atoms with Crippen LogP contribution < -0.4 is 5.32 Å². The van der Waals surface area contributed by atoms with Crippen LogP contribution in [0, 0.1) is 0 Å². The maximum Gasteiger partial charge on any atom is 0.287 e. The van der Waals surface area contributed by atoms with Gasteiger partial charge in [-0.1, -0.05) is 40.9 Å². The van der Waals surface area contributed by atoms with Gasteiger partial charge in [0, 0.05) is 12.3 Å². The molecule has 0 saturated carbocycles. The first-order valence-electron chi connectivity index (χ1n) is 7.05. The van der Waals surface area contributed by atoms with E-state index in [1.54, 1.807) is 36.4 Å². The quantitative estimate of drug-likeness (QED) is 0.526. The first-order valence-corrected chi connectivity index (χ1v) is 8.98. The molecule has 1 amide bonds. The normalized spacial score (nSPS) is 12.0. The van der Waals surface area contributed by atoms with E-state index in [1.807, 2.05) is 0 Å². The second kappa shape index (κ2) is 7.79. The van der Waals surface area contributed by atoms with Gasteiger partial charge in [-0.3, -0.25) is 9.78 Å². The summed E-state index contributed by atoms with van der Waals surface area (Å²) >= 11 is 21.3. The summed E-state index contributed by atoms with van der Waals surface area (Å²) in [5, 5.41) is 4.19. The molecule has 2 aromatic heterocycles. The van der Waals surface area contributed by atoms with E-state index in [1.165, 1.54) is 12.5 Å². The summed E-state index contributed by atoms with van der Waals surface area (Å²) in [5.41, 5.74) is 1.32. The van der Waals surface area contributed by atoms with Gasteiger partial charge in [-0.05, 0) is 45.8 Å². The van der Waals surface area contributed by atoms with Crippen molar-refractivity contribution in [2.75, 3.05) is 0 Å². The number of nitrogens with zero attached hydrogens (tertiary/aromatic N) is 1. The zero-order valence-corrected chi connectivity index (χ0v) is 16.3. The predicted molar refractivity (Wildman–Crippen MR) is 101 cm³/mol. The Labute approximate surface area is 167 Å². The Hall–Kier alpha value is -1.53. The molecule has 0 bridgehead atoms. The lowest BCUT2D eigenvalue weighted by Gasteiger charge is -2.19. The topological polar surface area (TPSA) is 55.1 Å². The van der Waals surface area contributed by atoms with Gasteiger partial charge in [-0.2, -0.15) is 0 Å². The number of aromatic nitrogens is 1. The fourth-order valence-corrected chi connectivity index (χ4v) is 2.93. The van der Waals surface area contributed by atoms with Crippen LogP contribution in [0.5, 0.6) is 0 Å². The molecule has 0 aliphatic heterocycles. The van der Waals surface area contributed by atoms with Crippen molar-refractivity contribution >= 4 is 56.6 Å². The van der Waals surface area contributed by atoms with Crippen LogP contribution in [0.3, 0.4) is 0 Å². The minimum Gasteiger partial charge on any atom is -0.458 e. The highest BCUT2D eigenvalue weighted by Gasteiger charge is 2.21. The molecule has 0 aliphatic carbocycles. The molecule has 128 valence electrons. The smallest absolute Gasteiger partial charge is 0.287 e. The molecule has 3 aromatic rings. The molecule has 0 spiro atoms. The number of amides is 1. The van der Waals surface area contributed by atoms with Crippen LogP contribution >= 0.6 is 50.7 Å². The van der Waals surface area contributed by atoms with Crippen LogP contribution in [0.25, 0.3) is 0 Å². The summed E-state index contributed by atoms with van der Waals surface area (Å²) in [5.74, 6) is -0.218. The van der Waals surface area contributed by atoms with Gasteiger partial charge >= 0.3 is 0 Å². The van der Waals surface area contributed by atoms with Crippen molar-refractivity contribution in [1.82, 2.24) is 10.3 Å². The SMILES string of the molecule is O=C(NC(c1ccc(Cl)c(Cl)c1)c1ccc(Cl)cn1)c1cc(Br)co1. The second-order valence-corrected chi connectivity index (χ2v) is 7.28. The number of nitrogens with one attached hydrogen (secondary N) is 1. The zero-order valence-electron chi connectivity index (χ0n) is 12.5. The Kier molecular flexibility index (Phi) is 5.69. The Bertz CT molecular complexity index is 913. The molecular weight excluding hydrogens is 450 g/mol.